The fourth-order valence-corrected chi connectivity index (χ4v) is 10.3. The van der Waals surface area contributed by atoms with E-state index in [1.54, 1.807) is 0 Å². The Morgan fingerprint density at radius 3 is 1.83 bits per heavy atom. The molecule has 0 nitrogen and oxygen atoms in total. The van der Waals surface area contributed by atoms with Gasteiger partial charge in [0, 0.05) is 17.3 Å². The highest BCUT2D eigenvalue weighted by Crippen LogP contribution is 2.53. The van der Waals surface area contributed by atoms with Crippen molar-refractivity contribution < 1.29 is 0 Å². The van der Waals surface area contributed by atoms with Crippen molar-refractivity contribution in [3.05, 3.63) is 191 Å². The molecule has 53 heavy (non-hydrogen) atoms. The SMILES string of the molecule is CC1(C)c2cc(-c3ccc(-c4ccc5ccc6cccc7ccc4c5c67)cc3)ccc2-c2ccc(C3C=Cc4ccc5cccc6c5c4C3C=C6)cc21. The lowest BCUT2D eigenvalue weighted by Crippen LogP contribution is -2.18. The first kappa shape index (κ1) is 29.3. The zero-order valence-electron chi connectivity index (χ0n) is 29.8. The van der Waals surface area contributed by atoms with Gasteiger partial charge in [-0.25, -0.2) is 0 Å². The highest BCUT2D eigenvalue weighted by molar-refractivity contribution is 6.25. The number of rotatable bonds is 3. The van der Waals surface area contributed by atoms with Crippen molar-refractivity contribution in [2.24, 2.45) is 0 Å². The van der Waals surface area contributed by atoms with Gasteiger partial charge in [0.2, 0.25) is 0 Å². The van der Waals surface area contributed by atoms with Gasteiger partial charge in [0.1, 0.15) is 0 Å². The maximum absolute atomic E-state index is 2.52. The van der Waals surface area contributed by atoms with E-state index in [0.29, 0.717) is 11.8 Å². The maximum atomic E-state index is 2.52. The molecule has 3 aliphatic rings. The summed E-state index contributed by atoms with van der Waals surface area (Å²) >= 11 is 0. The van der Waals surface area contributed by atoms with Crippen LogP contribution in [0.1, 0.15) is 59.1 Å². The molecule has 0 N–H and O–H groups in total. The third-order valence-electron chi connectivity index (χ3n) is 13.0. The first-order chi connectivity index (χ1) is 26.0. The van der Waals surface area contributed by atoms with E-state index in [9.17, 15) is 0 Å². The highest BCUT2D eigenvalue weighted by Gasteiger charge is 2.37. The van der Waals surface area contributed by atoms with Crippen LogP contribution >= 0.6 is 0 Å². The summed E-state index contributed by atoms with van der Waals surface area (Å²) in [7, 11) is 0. The maximum Gasteiger partial charge on any atom is 0.0159 e. The van der Waals surface area contributed by atoms with Gasteiger partial charge in [0.05, 0.1) is 0 Å². The van der Waals surface area contributed by atoms with E-state index in [1.807, 2.05) is 0 Å². The molecule has 0 aromatic heterocycles. The quantitative estimate of drug-likeness (QED) is 0.164. The molecule has 0 amide bonds. The predicted molar refractivity (Wildman–Crippen MR) is 226 cm³/mol. The van der Waals surface area contributed by atoms with Gasteiger partial charge in [-0.1, -0.05) is 178 Å². The van der Waals surface area contributed by atoms with E-state index in [4.69, 9.17) is 0 Å². The zero-order valence-corrected chi connectivity index (χ0v) is 29.8. The minimum absolute atomic E-state index is 0.100. The molecule has 0 saturated carbocycles. The first-order valence-electron chi connectivity index (χ1n) is 19.0. The molecule has 9 aromatic rings. The molecule has 0 heterocycles. The van der Waals surface area contributed by atoms with Crippen LogP contribution in [0.4, 0.5) is 0 Å². The number of hydrogen-bond acceptors (Lipinski definition) is 0. The normalized spacial score (nSPS) is 17.6. The van der Waals surface area contributed by atoms with Crippen molar-refractivity contribution >= 4 is 55.2 Å². The molecule has 12 rings (SSSR count). The lowest BCUT2D eigenvalue weighted by atomic mass is 9.71. The fourth-order valence-electron chi connectivity index (χ4n) is 10.3. The van der Waals surface area contributed by atoms with Crippen LogP contribution in [0.15, 0.2) is 158 Å². The van der Waals surface area contributed by atoms with E-state index < -0.39 is 0 Å². The highest BCUT2D eigenvalue weighted by atomic mass is 14.4. The van der Waals surface area contributed by atoms with Crippen LogP contribution in [-0.4, -0.2) is 0 Å². The van der Waals surface area contributed by atoms with Crippen LogP contribution in [0.2, 0.25) is 0 Å². The molecule has 0 aliphatic heterocycles. The molecule has 9 aromatic carbocycles. The molecular formula is C53H36. The van der Waals surface area contributed by atoms with Crippen LogP contribution in [0.25, 0.3) is 88.6 Å². The predicted octanol–water partition coefficient (Wildman–Crippen LogP) is 14.3. The number of fused-ring (bicyclic) bond motifs is 3. The van der Waals surface area contributed by atoms with E-state index >= 15 is 0 Å². The minimum atomic E-state index is -0.100. The molecule has 2 atom stereocenters. The third-order valence-corrected chi connectivity index (χ3v) is 13.0. The second kappa shape index (κ2) is 10.4. The van der Waals surface area contributed by atoms with Crippen LogP contribution < -0.4 is 0 Å². The Morgan fingerprint density at radius 1 is 0.415 bits per heavy atom. The van der Waals surface area contributed by atoms with Gasteiger partial charge < -0.3 is 0 Å². The molecule has 248 valence electrons. The summed E-state index contributed by atoms with van der Waals surface area (Å²) in [6.07, 6.45) is 9.60. The second-order valence-electron chi connectivity index (χ2n) is 16.0. The molecule has 0 heteroatoms. The van der Waals surface area contributed by atoms with Gasteiger partial charge in [-0.05, 0) is 116 Å². The van der Waals surface area contributed by atoms with E-state index in [0.717, 1.165) is 0 Å². The number of allylic oxidation sites excluding steroid dienone is 2. The monoisotopic (exact) mass is 672 g/mol. The van der Waals surface area contributed by atoms with Crippen LogP contribution in [0.5, 0.6) is 0 Å². The summed E-state index contributed by atoms with van der Waals surface area (Å²) in [5.74, 6) is 0.652. The smallest absolute Gasteiger partial charge is 0.0159 e. The lowest BCUT2D eigenvalue weighted by Gasteiger charge is -2.33. The van der Waals surface area contributed by atoms with Crippen molar-refractivity contribution in [1.82, 2.24) is 0 Å². The standard InChI is InChI=1S/C53H36/c1-53(2)47-29-39(31-9-11-32(12-10-31)41-23-17-37-15-13-33-5-3-7-35-19-27-45(41)51(37)49(33)35)21-25-43(47)44-26-22-40(30-48(44)53)42-24-18-38-16-14-34-6-4-8-36-20-28-46(42)52(38)50(34)36/h3-30,42,46H,1-2H3. The lowest BCUT2D eigenvalue weighted by molar-refractivity contribution is 0.655. The Bertz CT molecular complexity index is 3060. The van der Waals surface area contributed by atoms with E-state index in [-0.39, 0.29) is 5.41 Å². The van der Waals surface area contributed by atoms with Crippen LogP contribution in [0.3, 0.4) is 0 Å². The van der Waals surface area contributed by atoms with Crippen molar-refractivity contribution in [3.8, 4) is 33.4 Å². The van der Waals surface area contributed by atoms with Crippen LogP contribution in [-0.2, 0) is 5.41 Å². The van der Waals surface area contributed by atoms with Crippen LogP contribution in [0, 0.1) is 0 Å². The Hall–Kier alpha value is -6.24. The molecular weight excluding hydrogens is 637 g/mol. The molecule has 0 spiro atoms. The second-order valence-corrected chi connectivity index (χ2v) is 16.0. The Balaban J connectivity index is 0.891. The van der Waals surface area contributed by atoms with Crippen molar-refractivity contribution in [2.75, 3.05) is 0 Å². The van der Waals surface area contributed by atoms with Gasteiger partial charge in [0.15, 0.2) is 0 Å². The van der Waals surface area contributed by atoms with Gasteiger partial charge >= 0.3 is 0 Å². The molecule has 2 unspecified atom stereocenters. The molecule has 0 fully saturated rings. The zero-order chi connectivity index (χ0) is 35.0. The molecule has 3 aliphatic carbocycles. The Morgan fingerprint density at radius 2 is 1.00 bits per heavy atom. The molecule has 0 radical (unpaired) electrons. The summed E-state index contributed by atoms with van der Waals surface area (Å²) in [6.45, 7) is 4.82. The first-order valence-corrected chi connectivity index (χ1v) is 19.0. The summed E-state index contributed by atoms with van der Waals surface area (Å²) in [5, 5.41) is 10.7. The number of benzene rings is 9. The van der Waals surface area contributed by atoms with Gasteiger partial charge in [0.25, 0.3) is 0 Å². The largest absolute Gasteiger partial charge is 0.0755 e. The third kappa shape index (κ3) is 4.01. The topological polar surface area (TPSA) is 0 Å². The number of hydrogen-bond donors (Lipinski definition) is 0. The Labute approximate surface area is 309 Å². The average Bonchev–Trinajstić information content (AvgIpc) is 3.43. The van der Waals surface area contributed by atoms with Crippen molar-refractivity contribution in [3.63, 3.8) is 0 Å². The van der Waals surface area contributed by atoms with Crippen molar-refractivity contribution in [1.29, 1.82) is 0 Å². The van der Waals surface area contributed by atoms with E-state index in [1.165, 1.54) is 110 Å². The average molecular weight is 673 g/mol. The molecule has 0 bridgehead atoms. The van der Waals surface area contributed by atoms with E-state index in [2.05, 4.69) is 184 Å². The van der Waals surface area contributed by atoms with Gasteiger partial charge in [-0.2, -0.15) is 0 Å². The summed E-state index contributed by atoms with van der Waals surface area (Å²) < 4.78 is 0. The van der Waals surface area contributed by atoms with Gasteiger partial charge in [-0.3, -0.25) is 0 Å². The summed E-state index contributed by atoms with van der Waals surface area (Å²) in [6, 6.07) is 55.3. The van der Waals surface area contributed by atoms with Crippen molar-refractivity contribution in [2.45, 2.75) is 31.1 Å². The Kier molecular flexibility index (Phi) is 5.77. The minimum Gasteiger partial charge on any atom is -0.0755 e. The van der Waals surface area contributed by atoms with Gasteiger partial charge in [-0.15, -0.1) is 0 Å². The summed E-state index contributed by atoms with van der Waals surface area (Å²) in [5.41, 5.74) is 16.1. The fraction of sp³-hybridized carbons (Fsp3) is 0.0943. The summed E-state index contributed by atoms with van der Waals surface area (Å²) in [4.78, 5) is 0. The molecule has 0 saturated heterocycles.